The molecule has 0 aliphatic carbocycles. The van der Waals surface area contributed by atoms with E-state index < -0.39 is 29.4 Å². The lowest BCUT2D eigenvalue weighted by molar-refractivity contribution is -0.347. The minimum absolute atomic E-state index is 0.662. The fraction of sp³-hybridized carbons (Fsp3) is 0.714. The summed E-state index contributed by atoms with van der Waals surface area (Å²) >= 11 is 0. The average molecular weight is 242 g/mol. The lowest BCUT2D eigenvalue weighted by Crippen LogP contribution is -2.52. The third-order valence-electron chi connectivity index (χ3n) is 1.47. The number of allylic oxidation sites excluding steroid dienone is 2. The summed E-state index contributed by atoms with van der Waals surface area (Å²) in [5, 5.41) is 0. The Kier molecular flexibility index (Phi) is 3.44. The zero-order valence-electron chi connectivity index (χ0n) is 7.52. The van der Waals surface area contributed by atoms with Gasteiger partial charge >= 0.3 is 18.0 Å². The number of rotatable bonds is 2. The average Bonchev–Trinajstić information content (AvgIpc) is 2.00. The van der Waals surface area contributed by atoms with E-state index in [1.54, 1.807) is 0 Å². The molecule has 15 heavy (non-hydrogen) atoms. The molecule has 0 unspecified atom stereocenters. The zero-order chi connectivity index (χ0) is 12.7. The van der Waals surface area contributed by atoms with Gasteiger partial charge in [-0.05, 0) is 19.4 Å². The highest BCUT2D eigenvalue weighted by Crippen LogP contribution is 2.50. The smallest absolute Gasteiger partial charge is 0.205 e. The quantitative estimate of drug-likeness (QED) is 0.640. The van der Waals surface area contributed by atoms with Crippen LogP contribution in [0, 0.1) is 0 Å². The van der Waals surface area contributed by atoms with E-state index >= 15 is 0 Å². The molecule has 0 amide bonds. The van der Waals surface area contributed by atoms with Gasteiger partial charge < -0.3 is 0 Å². The Hall–Kier alpha value is -0.820. The van der Waals surface area contributed by atoms with Crippen molar-refractivity contribution in [1.82, 2.24) is 0 Å². The lowest BCUT2D eigenvalue weighted by Gasteiger charge is -2.27. The van der Waals surface area contributed by atoms with E-state index in [9.17, 15) is 35.1 Å². The normalized spacial score (nSPS) is 14.0. The van der Waals surface area contributed by atoms with Crippen molar-refractivity contribution in [3.05, 3.63) is 11.4 Å². The largest absolute Gasteiger partial charge is 0.460 e. The van der Waals surface area contributed by atoms with Crippen LogP contribution in [0.5, 0.6) is 0 Å². The molecule has 0 radical (unpaired) electrons. The van der Waals surface area contributed by atoms with E-state index in [1.165, 1.54) is 0 Å². The van der Waals surface area contributed by atoms with E-state index in [1.807, 2.05) is 0 Å². The van der Waals surface area contributed by atoms with Crippen LogP contribution in [0.4, 0.5) is 35.1 Å². The van der Waals surface area contributed by atoms with Gasteiger partial charge in [-0.15, -0.1) is 0 Å². The summed E-state index contributed by atoms with van der Waals surface area (Å²) in [6.45, 7) is 1.32. The fourth-order valence-corrected chi connectivity index (χ4v) is 0.630. The predicted molar refractivity (Wildman–Crippen MR) is 35.4 cm³/mol. The van der Waals surface area contributed by atoms with E-state index in [4.69, 9.17) is 0 Å². The Bertz CT molecular complexity index is 267. The minimum Gasteiger partial charge on any atom is -0.205 e. The van der Waals surface area contributed by atoms with Gasteiger partial charge in [0.05, 0.1) is 0 Å². The summed E-state index contributed by atoms with van der Waals surface area (Å²) in [7, 11) is 0. The molecule has 0 atom stereocenters. The van der Waals surface area contributed by atoms with Crippen molar-refractivity contribution in [2.75, 3.05) is 0 Å². The van der Waals surface area contributed by atoms with Crippen LogP contribution in [0.3, 0.4) is 0 Å². The Labute approximate surface area is 79.6 Å². The molecule has 0 bridgehead atoms. The molecule has 0 aliphatic heterocycles. The maximum absolute atomic E-state index is 12.5. The number of halogens is 8. The first kappa shape index (κ1) is 14.2. The highest BCUT2D eigenvalue weighted by Gasteiger charge is 2.75. The van der Waals surface area contributed by atoms with Crippen molar-refractivity contribution in [3.63, 3.8) is 0 Å². The van der Waals surface area contributed by atoms with Crippen LogP contribution in [0.1, 0.15) is 13.8 Å². The first-order chi connectivity index (χ1) is 6.35. The molecular formula is C7H6F8. The van der Waals surface area contributed by atoms with Crippen molar-refractivity contribution in [2.45, 2.75) is 31.9 Å². The Morgan fingerprint density at radius 3 is 1.33 bits per heavy atom. The molecule has 8 heteroatoms. The first-order valence-electron chi connectivity index (χ1n) is 3.51. The molecule has 90 valence electrons. The number of alkyl halides is 7. The molecule has 0 aliphatic rings. The molecule has 0 aromatic carbocycles. The van der Waals surface area contributed by atoms with Crippen LogP contribution in [-0.2, 0) is 0 Å². The van der Waals surface area contributed by atoms with Crippen LogP contribution in [0.2, 0.25) is 0 Å². The maximum atomic E-state index is 12.5. The molecule has 0 nitrogen and oxygen atoms in total. The van der Waals surface area contributed by atoms with Gasteiger partial charge in [0.25, 0.3) is 0 Å². The van der Waals surface area contributed by atoms with E-state index in [0.29, 0.717) is 13.8 Å². The molecule has 0 aromatic heterocycles. The molecular weight excluding hydrogens is 236 g/mol. The van der Waals surface area contributed by atoms with Crippen LogP contribution >= 0.6 is 0 Å². The molecule has 0 N–H and O–H groups in total. The zero-order valence-corrected chi connectivity index (χ0v) is 7.52. The van der Waals surface area contributed by atoms with Gasteiger partial charge in [-0.25, -0.2) is 4.39 Å². The SMILES string of the molecule is CC(C)=C(F)C(F)(F)C(F)(F)C(F)(F)F. The molecule has 0 aromatic rings. The predicted octanol–water partition coefficient (Wildman–Crippen LogP) is 4.08. The van der Waals surface area contributed by atoms with Crippen molar-refractivity contribution in [1.29, 1.82) is 0 Å². The van der Waals surface area contributed by atoms with Crippen LogP contribution in [-0.4, -0.2) is 18.0 Å². The standard InChI is InChI=1S/C7H6F8/c1-3(2)4(8)5(9,10)6(11,12)7(13,14)15/h1-2H3. The van der Waals surface area contributed by atoms with Gasteiger partial charge in [0.1, 0.15) is 0 Å². The summed E-state index contributed by atoms with van der Waals surface area (Å²) < 4.78 is 96.3. The van der Waals surface area contributed by atoms with E-state index in [2.05, 4.69) is 0 Å². The van der Waals surface area contributed by atoms with Crippen molar-refractivity contribution in [3.8, 4) is 0 Å². The Morgan fingerprint density at radius 1 is 0.800 bits per heavy atom. The molecule has 0 saturated carbocycles. The second-order valence-corrected chi connectivity index (χ2v) is 2.96. The molecule has 0 fully saturated rings. The van der Waals surface area contributed by atoms with Crippen molar-refractivity contribution >= 4 is 0 Å². The Morgan fingerprint density at radius 2 is 1.13 bits per heavy atom. The third kappa shape index (κ3) is 2.23. The molecule has 0 rings (SSSR count). The topological polar surface area (TPSA) is 0 Å². The summed E-state index contributed by atoms with van der Waals surface area (Å²) in [6.07, 6.45) is -6.51. The van der Waals surface area contributed by atoms with Gasteiger partial charge in [0.15, 0.2) is 5.83 Å². The van der Waals surface area contributed by atoms with Crippen molar-refractivity contribution < 1.29 is 35.1 Å². The monoisotopic (exact) mass is 242 g/mol. The second kappa shape index (κ2) is 3.64. The highest BCUT2D eigenvalue weighted by atomic mass is 19.4. The van der Waals surface area contributed by atoms with Gasteiger partial charge in [0, 0.05) is 0 Å². The summed E-state index contributed by atoms with van der Waals surface area (Å²) in [4.78, 5) is 0. The van der Waals surface area contributed by atoms with Gasteiger partial charge in [-0.2, -0.15) is 30.7 Å². The van der Waals surface area contributed by atoms with Crippen LogP contribution < -0.4 is 0 Å². The number of hydrogen-bond donors (Lipinski definition) is 0. The third-order valence-corrected chi connectivity index (χ3v) is 1.47. The summed E-state index contributed by atoms with van der Waals surface area (Å²) in [5.41, 5.74) is -0.941. The van der Waals surface area contributed by atoms with Crippen LogP contribution in [0.15, 0.2) is 11.4 Å². The summed E-state index contributed by atoms with van der Waals surface area (Å²) in [5.74, 6) is -15.1. The summed E-state index contributed by atoms with van der Waals surface area (Å²) in [6, 6.07) is 0. The van der Waals surface area contributed by atoms with Gasteiger partial charge in [-0.1, -0.05) is 0 Å². The highest BCUT2D eigenvalue weighted by molar-refractivity contribution is 5.17. The maximum Gasteiger partial charge on any atom is 0.460 e. The first-order valence-corrected chi connectivity index (χ1v) is 3.51. The lowest BCUT2D eigenvalue weighted by atomic mass is 10.1. The van der Waals surface area contributed by atoms with E-state index in [-0.39, 0.29) is 0 Å². The van der Waals surface area contributed by atoms with Crippen molar-refractivity contribution in [2.24, 2.45) is 0 Å². The molecule has 0 heterocycles. The minimum atomic E-state index is -6.51. The van der Waals surface area contributed by atoms with Gasteiger partial charge in [-0.3, -0.25) is 0 Å². The van der Waals surface area contributed by atoms with Gasteiger partial charge in [0.2, 0.25) is 0 Å². The van der Waals surface area contributed by atoms with E-state index in [0.717, 1.165) is 0 Å². The Balaban J connectivity index is 5.49. The molecule has 0 saturated heterocycles. The second-order valence-electron chi connectivity index (χ2n) is 2.96. The molecule has 0 spiro atoms. The number of hydrogen-bond acceptors (Lipinski definition) is 0. The fourth-order valence-electron chi connectivity index (χ4n) is 0.630. The van der Waals surface area contributed by atoms with Crippen LogP contribution in [0.25, 0.3) is 0 Å².